The standard InChI is InChI=1S/C18H27FN2O2/c1-12-6-5-7-13(10-12)20-14-8-9-15(19)16(11-14)21-17(22)23-18(2,3)4/h8-9,11-13,20H,5-7,10H2,1-4H3,(H,21,22). The second-order valence-electron chi connectivity index (χ2n) is 7.43. The molecular weight excluding hydrogens is 295 g/mol. The maximum absolute atomic E-state index is 13.9. The summed E-state index contributed by atoms with van der Waals surface area (Å²) in [7, 11) is 0. The summed E-state index contributed by atoms with van der Waals surface area (Å²) in [5.41, 5.74) is 0.332. The normalized spacial score (nSPS) is 21.6. The van der Waals surface area contributed by atoms with Crippen LogP contribution in [-0.2, 0) is 4.74 Å². The van der Waals surface area contributed by atoms with E-state index >= 15 is 0 Å². The minimum absolute atomic E-state index is 0.133. The average Bonchev–Trinajstić information content (AvgIpc) is 2.40. The van der Waals surface area contributed by atoms with Crippen LogP contribution in [0.5, 0.6) is 0 Å². The largest absolute Gasteiger partial charge is 0.444 e. The van der Waals surface area contributed by atoms with Gasteiger partial charge in [-0.25, -0.2) is 9.18 Å². The summed E-state index contributed by atoms with van der Waals surface area (Å²) in [4.78, 5) is 11.8. The van der Waals surface area contributed by atoms with Gasteiger partial charge in [-0.15, -0.1) is 0 Å². The Morgan fingerprint density at radius 1 is 1.30 bits per heavy atom. The van der Waals surface area contributed by atoms with Crippen LogP contribution in [0.4, 0.5) is 20.6 Å². The quantitative estimate of drug-likeness (QED) is 0.808. The molecule has 0 aliphatic heterocycles. The Hall–Kier alpha value is -1.78. The van der Waals surface area contributed by atoms with Crippen LogP contribution in [-0.4, -0.2) is 17.7 Å². The van der Waals surface area contributed by atoms with Gasteiger partial charge in [0.2, 0.25) is 0 Å². The molecule has 0 aromatic heterocycles. The molecule has 23 heavy (non-hydrogen) atoms. The van der Waals surface area contributed by atoms with Crippen LogP contribution < -0.4 is 10.6 Å². The van der Waals surface area contributed by atoms with Crippen LogP contribution in [0, 0.1) is 11.7 Å². The summed E-state index contributed by atoms with van der Waals surface area (Å²) >= 11 is 0. The van der Waals surface area contributed by atoms with Gasteiger partial charge in [0.1, 0.15) is 11.4 Å². The molecule has 0 radical (unpaired) electrons. The smallest absolute Gasteiger partial charge is 0.412 e. The summed E-state index contributed by atoms with van der Waals surface area (Å²) in [5.74, 6) is 0.236. The average molecular weight is 322 g/mol. The van der Waals surface area contributed by atoms with E-state index in [-0.39, 0.29) is 5.69 Å². The van der Waals surface area contributed by atoms with Crippen LogP contribution >= 0.6 is 0 Å². The molecule has 0 saturated heterocycles. The molecule has 5 heteroatoms. The summed E-state index contributed by atoms with van der Waals surface area (Å²) in [6.45, 7) is 7.56. The summed E-state index contributed by atoms with van der Waals surface area (Å²) in [5, 5.41) is 5.92. The van der Waals surface area contributed by atoms with Crippen molar-refractivity contribution in [2.45, 2.75) is 65.0 Å². The van der Waals surface area contributed by atoms with Crippen molar-refractivity contribution < 1.29 is 13.9 Å². The molecule has 1 aromatic rings. The predicted molar refractivity (Wildman–Crippen MR) is 91.3 cm³/mol. The van der Waals surface area contributed by atoms with Crippen LogP contribution in [0.2, 0.25) is 0 Å². The fourth-order valence-electron chi connectivity index (χ4n) is 2.93. The van der Waals surface area contributed by atoms with Crippen LogP contribution in [0.3, 0.4) is 0 Å². The van der Waals surface area contributed by atoms with Crippen molar-refractivity contribution in [2.24, 2.45) is 5.92 Å². The van der Waals surface area contributed by atoms with E-state index in [9.17, 15) is 9.18 Å². The first kappa shape index (κ1) is 17.6. The number of hydrogen-bond acceptors (Lipinski definition) is 3. The van der Waals surface area contributed by atoms with E-state index in [1.54, 1.807) is 32.9 Å². The van der Waals surface area contributed by atoms with E-state index < -0.39 is 17.5 Å². The van der Waals surface area contributed by atoms with Crippen molar-refractivity contribution in [3.8, 4) is 0 Å². The molecule has 1 aliphatic carbocycles. The number of benzene rings is 1. The monoisotopic (exact) mass is 322 g/mol. The van der Waals surface area contributed by atoms with E-state index in [0.717, 1.165) is 18.5 Å². The maximum atomic E-state index is 13.9. The fourth-order valence-corrected chi connectivity index (χ4v) is 2.93. The molecule has 4 nitrogen and oxygen atoms in total. The van der Waals surface area contributed by atoms with Gasteiger partial charge in [-0.1, -0.05) is 19.8 Å². The lowest BCUT2D eigenvalue weighted by Crippen LogP contribution is -2.28. The van der Waals surface area contributed by atoms with Gasteiger partial charge in [-0.3, -0.25) is 5.32 Å². The highest BCUT2D eigenvalue weighted by Gasteiger charge is 2.20. The number of ether oxygens (including phenoxy) is 1. The first-order chi connectivity index (χ1) is 10.7. The van der Waals surface area contributed by atoms with Crippen molar-refractivity contribution in [3.05, 3.63) is 24.0 Å². The Morgan fingerprint density at radius 3 is 2.70 bits per heavy atom. The Morgan fingerprint density at radius 2 is 2.04 bits per heavy atom. The van der Waals surface area contributed by atoms with Crippen molar-refractivity contribution >= 4 is 17.5 Å². The number of amides is 1. The SMILES string of the molecule is CC1CCCC(Nc2ccc(F)c(NC(=O)OC(C)(C)C)c2)C1. The van der Waals surface area contributed by atoms with Gasteiger partial charge in [0.15, 0.2) is 0 Å². The third-order valence-corrected chi connectivity index (χ3v) is 3.91. The summed E-state index contributed by atoms with van der Waals surface area (Å²) in [6, 6.07) is 5.09. The highest BCUT2D eigenvalue weighted by molar-refractivity contribution is 5.85. The molecular formula is C18H27FN2O2. The zero-order valence-electron chi connectivity index (χ0n) is 14.4. The van der Waals surface area contributed by atoms with E-state index in [0.29, 0.717) is 12.0 Å². The fraction of sp³-hybridized carbons (Fsp3) is 0.611. The first-order valence-electron chi connectivity index (χ1n) is 8.29. The molecule has 2 rings (SSSR count). The minimum Gasteiger partial charge on any atom is -0.444 e. The molecule has 1 saturated carbocycles. The maximum Gasteiger partial charge on any atom is 0.412 e. The Balaban J connectivity index is 2.02. The number of nitrogens with one attached hydrogen (secondary N) is 2. The van der Waals surface area contributed by atoms with Gasteiger partial charge in [0, 0.05) is 11.7 Å². The minimum atomic E-state index is -0.653. The molecule has 1 aliphatic rings. The number of rotatable bonds is 3. The second kappa shape index (κ2) is 7.20. The molecule has 2 atom stereocenters. The highest BCUT2D eigenvalue weighted by Crippen LogP contribution is 2.28. The Labute approximate surface area is 137 Å². The second-order valence-corrected chi connectivity index (χ2v) is 7.43. The third kappa shape index (κ3) is 5.73. The van der Waals surface area contributed by atoms with Crippen molar-refractivity contribution in [3.63, 3.8) is 0 Å². The Kier molecular flexibility index (Phi) is 5.50. The molecule has 128 valence electrons. The lowest BCUT2D eigenvalue weighted by Gasteiger charge is -2.28. The molecule has 0 heterocycles. The summed E-state index contributed by atoms with van der Waals surface area (Å²) in [6.07, 6.45) is 4.07. The molecule has 1 aromatic carbocycles. The van der Waals surface area contributed by atoms with E-state index in [1.165, 1.54) is 18.9 Å². The Bertz CT molecular complexity index is 554. The lowest BCUT2D eigenvalue weighted by molar-refractivity contribution is 0.0635. The molecule has 2 N–H and O–H groups in total. The van der Waals surface area contributed by atoms with Crippen LogP contribution in [0.1, 0.15) is 53.4 Å². The molecule has 1 fully saturated rings. The lowest BCUT2D eigenvalue weighted by atomic mass is 9.87. The van der Waals surface area contributed by atoms with Gasteiger partial charge < -0.3 is 10.1 Å². The van der Waals surface area contributed by atoms with E-state index in [2.05, 4.69) is 17.6 Å². The predicted octanol–water partition coefficient (Wildman–Crippen LogP) is 5.16. The number of hydrogen-bond donors (Lipinski definition) is 2. The van der Waals surface area contributed by atoms with Gasteiger partial charge in [0.25, 0.3) is 0 Å². The van der Waals surface area contributed by atoms with Crippen LogP contribution in [0.25, 0.3) is 0 Å². The van der Waals surface area contributed by atoms with Gasteiger partial charge >= 0.3 is 6.09 Å². The number of halogens is 1. The van der Waals surface area contributed by atoms with Gasteiger partial charge in [-0.2, -0.15) is 0 Å². The zero-order chi connectivity index (χ0) is 17.0. The topological polar surface area (TPSA) is 50.4 Å². The number of carbonyl (C=O) groups is 1. The molecule has 0 bridgehead atoms. The van der Waals surface area contributed by atoms with Crippen molar-refractivity contribution in [2.75, 3.05) is 10.6 Å². The summed E-state index contributed by atoms with van der Waals surface area (Å²) < 4.78 is 19.1. The third-order valence-electron chi connectivity index (χ3n) is 3.91. The van der Waals surface area contributed by atoms with E-state index in [4.69, 9.17) is 4.74 Å². The molecule has 1 amide bonds. The van der Waals surface area contributed by atoms with Gasteiger partial charge in [0.05, 0.1) is 5.69 Å². The molecule has 0 spiro atoms. The zero-order valence-corrected chi connectivity index (χ0v) is 14.4. The van der Waals surface area contributed by atoms with Crippen molar-refractivity contribution in [1.29, 1.82) is 0 Å². The van der Waals surface area contributed by atoms with Crippen LogP contribution in [0.15, 0.2) is 18.2 Å². The number of carbonyl (C=O) groups excluding carboxylic acids is 1. The van der Waals surface area contributed by atoms with E-state index in [1.807, 2.05) is 0 Å². The number of anilines is 2. The van der Waals surface area contributed by atoms with Gasteiger partial charge in [-0.05, 0) is 57.7 Å². The molecule has 2 unspecified atom stereocenters. The first-order valence-corrected chi connectivity index (χ1v) is 8.29. The van der Waals surface area contributed by atoms with Crippen molar-refractivity contribution in [1.82, 2.24) is 0 Å². The highest BCUT2D eigenvalue weighted by atomic mass is 19.1.